The maximum atomic E-state index is 13.9. The number of nitrogens with zero attached hydrogens (tertiary/aromatic N) is 1. The van der Waals surface area contributed by atoms with Gasteiger partial charge in [-0.1, -0.05) is 0 Å². The highest BCUT2D eigenvalue weighted by Crippen LogP contribution is 2.37. The molecule has 3 nitrogen and oxygen atoms in total. The molecule has 2 heterocycles. The summed E-state index contributed by atoms with van der Waals surface area (Å²) in [4.78, 5) is 1.83. The van der Waals surface area contributed by atoms with Gasteiger partial charge >= 0.3 is 0 Å². The average Bonchev–Trinajstić information content (AvgIpc) is 2.50. The molecule has 0 radical (unpaired) electrons. The van der Waals surface area contributed by atoms with E-state index < -0.39 is 11.6 Å². The van der Waals surface area contributed by atoms with Crippen LogP contribution in [0.3, 0.4) is 0 Å². The van der Waals surface area contributed by atoms with E-state index in [9.17, 15) is 8.78 Å². The van der Waals surface area contributed by atoms with Crippen LogP contribution in [0.15, 0.2) is 12.1 Å². The Kier molecular flexibility index (Phi) is 2.43. The van der Waals surface area contributed by atoms with E-state index in [2.05, 4.69) is 0 Å². The average molecular weight is 240 g/mol. The van der Waals surface area contributed by atoms with E-state index in [4.69, 9.17) is 10.5 Å². The first-order valence-corrected chi connectivity index (χ1v) is 5.77. The van der Waals surface area contributed by atoms with Gasteiger partial charge in [-0.2, -0.15) is 0 Å². The summed E-state index contributed by atoms with van der Waals surface area (Å²) in [5.74, 6) is -1.16. The van der Waals surface area contributed by atoms with Crippen molar-refractivity contribution in [1.82, 2.24) is 0 Å². The molecule has 0 aromatic heterocycles. The van der Waals surface area contributed by atoms with Gasteiger partial charge in [0.2, 0.25) is 0 Å². The predicted octanol–water partition coefficient (Wildman–Crippen LogP) is 1.91. The van der Waals surface area contributed by atoms with Crippen LogP contribution in [-0.4, -0.2) is 25.3 Å². The maximum Gasteiger partial charge on any atom is 0.151 e. The van der Waals surface area contributed by atoms with Gasteiger partial charge in [-0.05, 0) is 25.0 Å². The van der Waals surface area contributed by atoms with Gasteiger partial charge in [-0.15, -0.1) is 0 Å². The van der Waals surface area contributed by atoms with Gasteiger partial charge in [0.25, 0.3) is 0 Å². The second-order valence-corrected chi connectivity index (χ2v) is 4.66. The van der Waals surface area contributed by atoms with Gasteiger partial charge in [0.05, 0.1) is 25.3 Å². The molecule has 2 unspecified atom stereocenters. The number of hydrogen-bond donors (Lipinski definition) is 1. The number of morpholine rings is 1. The number of ether oxygens (including phenoxy) is 1. The molecule has 5 heteroatoms. The van der Waals surface area contributed by atoms with Crippen molar-refractivity contribution < 1.29 is 13.5 Å². The topological polar surface area (TPSA) is 38.5 Å². The second kappa shape index (κ2) is 3.84. The third-order valence-corrected chi connectivity index (χ3v) is 3.54. The van der Waals surface area contributed by atoms with Crippen molar-refractivity contribution in [3.63, 3.8) is 0 Å². The van der Waals surface area contributed by atoms with Crippen LogP contribution in [0.1, 0.15) is 12.8 Å². The standard InChI is InChI=1S/C12H14F2N2O/c13-10-3-7(15)4-11(14)12(10)16-8-1-2-9(16)6-17-5-8/h3-4,8-9H,1-2,5-6,15H2. The fourth-order valence-corrected chi connectivity index (χ4v) is 2.83. The Labute approximate surface area is 98.2 Å². The molecule has 92 valence electrons. The number of nitrogen functional groups attached to an aromatic ring is 1. The Morgan fingerprint density at radius 3 is 2.18 bits per heavy atom. The highest BCUT2D eigenvalue weighted by atomic mass is 19.1. The van der Waals surface area contributed by atoms with Crippen LogP contribution >= 0.6 is 0 Å². The normalized spacial score (nSPS) is 27.5. The number of nitrogens with two attached hydrogens (primary N) is 1. The lowest BCUT2D eigenvalue weighted by atomic mass is 10.1. The number of benzene rings is 1. The lowest BCUT2D eigenvalue weighted by molar-refractivity contribution is 0.0898. The minimum Gasteiger partial charge on any atom is -0.399 e. The van der Waals surface area contributed by atoms with Crippen LogP contribution < -0.4 is 10.6 Å². The smallest absolute Gasteiger partial charge is 0.151 e. The largest absolute Gasteiger partial charge is 0.399 e. The van der Waals surface area contributed by atoms with E-state index in [1.807, 2.05) is 4.90 Å². The summed E-state index contributed by atoms with van der Waals surface area (Å²) < 4.78 is 33.1. The summed E-state index contributed by atoms with van der Waals surface area (Å²) in [5.41, 5.74) is 5.59. The number of rotatable bonds is 1. The molecule has 0 spiro atoms. The first kappa shape index (κ1) is 10.8. The van der Waals surface area contributed by atoms with Crippen molar-refractivity contribution >= 4 is 11.4 Å². The Hall–Kier alpha value is -1.36. The van der Waals surface area contributed by atoms with Crippen molar-refractivity contribution in [1.29, 1.82) is 0 Å². The zero-order valence-corrected chi connectivity index (χ0v) is 9.33. The van der Waals surface area contributed by atoms with Crippen LogP contribution in [0.5, 0.6) is 0 Å². The summed E-state index contributed by atoms with van der Waals surface area (Å²) in [6, 6.07) is 2.52. The van der Waals surface area contributed by atoms with Crippen molar-refractivity contribution in [2.45, 2.75) is 24.9 Å². The molecule has 2 atom stereocenters. The highest BCUT2D eigenvalue weighted by Gasteiger charge is 2.39. The van der Waals surface area contributed by atoms with Gasteiger partial charge < -0.3 is 15.4 Å². The zero-order valence-electron chi connectivity index (χ0n) is 9.33. The molecular formula is C12H14F2N2O. The molecule has 2 aliphatic heterocycles. The van der Waals surface area contributed by atoms with E-state index >= 15 is 0 Å². The van der Waals surface area contributed by atoms with Crippen LogP contribution in [0.2, 0.25) is 0 Å². The van der Waals surface area contributed by atoms with Gasteiger partial charge in [-0.3, -0.25) is 0 Å². The summed E-state index contributed by atoms with van der Waals surface area (Å²) in [6.45, 7) is 1.08. The number of hydrogen-bond acceptors (Lipinski definition) is 3. The van der Waals surface area contributed by atoms with Gasteiger partial charge in [0, 0.05) is 5.69 Å². The molecule has 1 aromatic rings. The van der Waals surface area contributed by atoms with Crippen LogP contribution in [-0.2, 0) is 4.74 Å². The molecule has 0 saturated carbocycles. The van der Waals surface area contributed by atoms with Crippen molar-refractivity contribution in [3.8, 4) is 0 Å². The number of fused-ring (bicyclic) bond motifs is 2. The SMILES string of the molecule is Nc1cc(F)c(N2C3CCC2COC3)c(F)c1. The Bertz CT molecular complexity index is 413. The van der Waals surface area contributed by atoms with Crippen molar-refractivity contribution in [3.05, 3.63) is 23.8 Å². The van der Waals surface area contributed by atoms with Crippen LogP contribution in [0, 0.1) is 11.6 Å². The molecule has 0 aliphatic carbocycles. The van der Waals surface area contributed by atoms with Gasteiger partial charge in [-0.25, -0.2) is 8.78 Å². The fourth-order valence-electron chi connectivity index (χ4n) is 2.83. The quantitative estimate of drug-likeness (QED) is 0.762. The fraction of sp³-hybridized carbons (Fsp3) is 0.500. The van der Waals surface area contributed by atoms with E-state index in [0.29, 0.717) is 13.2 Å². The summed E-state index contributed by atoms with van der Waals surface area (Å²) >= 11 is 0. The minimum atomic E-state index is -0.582. The van der Waals surface area contributed by atoms with Crippen molar-refractivity contribution in [2.24, 2.45) is 0 Å². The maximum absolute atomic E-state index is 13.9. The molecule has 0 amide bonds. The molecule has 17 heavy (non-hydrogen) atoms. The van der Waals surface area contributed by atoms with Crippen molar-refractivity contribution in [2.75, 3.05) is 23.8 Å². The number of anilines is 2. The second-order valence-electron chi connectivity index (χ2n) is 4.66. The molecule has 2 aliphatic rings. The predicted molar refractivity (Wildman–Crippen MR) is 60.9 cm³/mol. The molecule has 2 fully saturated rings. The van der Waals surface area contributed by atoms with Gasteiger partial charge in [0.1, 0.15) is 5.69 Å². The minimum absolute atomic E-state index is 0.0509. The monoisotopic (exact) mass is 240 g/mol. The zero-order chi connectivity index (χ0) is 12.0. The first-order chi connectivity index (χ1) is 8.16. The third-order valence-electron chi connectivity index (χ3n) is 3.54. The highest BCUT2D eigenvalue weighted by molar-refractivity contribution is 5.58. The van der Waals surface area contributed by atoms with E-state index in [1.165, 1.54) is 12.1 Å². The third kappa shape index (κ3) is 1.65. The first-order valence-electron chi connectivity index (χ1n) is 5.77. The molecule has 3 rings (SSSR count). The summed E-state index contributed by atoms with van der Waals surface area (Å²) in [5, 5.41) is 0. The molecule has 2 N–H and O–H groups in total. The van der Waals surface area contributed by atoms with Crippen LogP contribution in [0.25, 0.3) is 0 Å². The Balaban J connectivity index is 2.04. The van der Waals surface area contributed by atoms with Crippen LogP contribution in [0.4, 0.5) is 20.2 Å². The lowest BCUT2D eigenvalue weighted by Crippen LogP contribution is -2.46. The summed E-state index contributed by atoms with van der Waals surface area (Å²) in [6.07, 6.45) is 1.85. The Morgan fingerprint density at radius 1 is 1.12 bits per heavy atom. The number of halogens is 2. The molecule has 2 saturated heterocycles. The molecule has 1 aromatic carbocycles. The molecular weight excluding hydrogens is 226 g/mol. The summed E-state index contributed by atoms with van der Waals surface area (Å²) in [7, 11) is 0. The van der Waals surface area contributed by atoms with E-state index in [1.54, 1.807) is 0 Å². The Morgan fingerprint density at radius 2 is 1.65 bits per heavy atom. The van der Waals surface area contributed by atoms with E-state index in [0.717, 1.165) is 12.8 Å². The van der Waals surface area contributed by atoms with Gasteiger partial charge in [0.15, 0.2) is 11.6 Å². The van der Waals surface area contributed by atoms with E-state index in [-0.39, 0.29) is 23.5 Å². The molecule has 2 bridgehead atoms. The lowest BCUT2D eigenvalue weighted by Gasteiger charge is -2.36.